The van der Waals surface area contributed by atoms with E-state index in [2.05, 4.69) is 0 Å². The fraction of sp³-hybridized carbons (Fsp3) is 0.600. The summed E-state index contributed by atoms with van der Waals surface area (Å²) in [7, 11) is 1.67. The predicted molar refractivity (Wildman–Crippen MR) is 47.5 cm³/mol. The molecule has 0 aliphatic heterocycles. The Morgan fingerprint density at radius 2 is 2.42 bits per heavy atom. The summed E-state index contributed by atoms with van der Waals surface area (Å²) in [6, 6.07) is 0. The lowest BCUT2D eigenvalue weighted by Gasteiger charge is -2.15. The van der Waals surface area contributed by atoms with Gasteiger partial charge in [-0.25, -0.2) is 4.39 Å². The van der Waals surface area contributed by atoms with Crippen molar-refractivity contribution in [3.05, 3.63) is 23.6 Å². The Balaban J connectivity index is 2.42. The molecule has 1 aliphatic carbocycles. The van der Waals surface area contributed by atoms with E-state index in [-0.39, 0.29) is 5.83 Å². The van der Waals surface area contributed by atoms with Crippen LogP contribution in [0.3, 0.4) is 0 Å². The highest BCUT2D eigenvalue weighted by molar-refractivity contribution is 5.27. The molecular formula is C10H15FO. The van der Waals surface area contributed by atoms with Crippen LogP contribution in [0.1, 0.15) is 19.8 Å². The molecule has 0 saturated carbocycles. The maximum atomic E-state index is 13.0. The summed E-state index contributed by atoms with van der Waals surface area (Å²) in [5.41, 5.74) is 0.767. The number of rotatable bonds is 3. The second-order valence-corrected chi connectivity index (χ2v) is 3.18. The number of allylic oxidation sites excluding steroid dienone is 4. The quantitative estimate of drug-likeness (QED) is 0.632. The van der Waals surface area contributed by atoms with Crippen molar-refractivity contribution < 1.29 is 9.13 Å². The van der Waals surface area contributed by atoms with Crippen molar-refractivity contribution in [1.29, 1.82) is 0 Å². The van der Waals surface area contributed by atoms with Crippen molar-refractivity contribution in [2.24, 2.45) is 5.92 Å². The van der Waals surface area contributed by atoms with Gasteiger partial charge in [0, 0.05) is 13.7 Å². The lowest BCUT2D eigenvalue weighted by molar-refractivity contribution is 0.184. The van der Waals surface area contributed by atoms with Gasteiger partial charge in [0.25, 0.3) is 0 Å². The van der Waals surface area contributed by atoms with Crippen LogP contribution in [0, 0.1) is 5.92 Å². The summed E-state index contributed by atoms with van der Waals surface area (Å²) >= 11 is 0. The lowest BCUT2D eigenvalue weighted by atomic mass is 9.94. The Hall–Kier alpha value is -0.630. The topological polar surface area (TPSA) is 9.23 Å². The van der Waals surface area contributed by atoms with E-state index < -0.39 is 0 Å². The molecule has 0 aromatic carbocycles. The van der Waals surface area contributed by atoms with E-state index >= 15 is 0 Å². The number of hydrogen-bond acceptors (Lipinski definition) is 1. The Morgan fingerprint density at radius 3 is 3.00 bits per heavy atom. The molecule has 0 N–H and O–H groups in total. The largest absolute Gasteiger partial charge is 0.385 e. The predicted octanol–water partition coefficient (Wildman–Crippen LogP) is 2.84. The van der Waals surface area contributed by atoms with E-state index in [1.54, 1.807) is 20.1 Å². The molecule has 12 heavy (non-hydrogen) atoms. The minimum absolute atomic E-state index is 0.0673. The first kappa shape index (κ1) is 9.46. The molecule has 1 atom stereocenters. The standard InChI is InChI=1S/C10H15FO/c1-8-3-4-9(5-6-12-2)7-10(8)11/h3,7,9H,4-6H2,1-2H3. The van der Waals surface area contributed by atoms with E-state index in [0.717, 1.165) is 18.4 Å². The number of methoxy groups -OCH3 is 1. The van der Waals surface area contributed by atoms with Crippen LogP contribution in [-0.4, -0.2) is 13.7 Å². The van der Waals surface area contributed by atoms with Gasteiger partial charge in [-0.05, 0) is 37.3 Å². The number of ether oxygens (including phenoxy) is 1. The van der Waals surface area contributed by atoms with Crippen molar-refractivity contribution in [1.82, 2.24) is 0 Å². The van der Waals surface area contributed by atoms with E-state index in [0.29, 0.717) is 12.5 Å². The van der Waals surface area contributed by atoms with Crippen molar-refractivity contribution in [2.45, 2.75) is 19.8 Å². The molecule has 2 heteroatoms. The van der Waals surface area contributed by atoms with Crippen LogP contribution in [-0.2, 0) is 4.74 Å². The van der Waals surface area contributed by atoms with Crippen molar-refractivity contribution in [3.63, 3.8) is 0 Å². The molecule has 0 amide bonds. The zero-order chi connectivity index (χ0) is 8.97. The van der Waals surface area contributed by atoms with Crippen molar-refractivity contribution >= 4 is 0 Å². The summed E-state index contributed by atoms with van der Waals surface area (Å²) in [6.45, 7) is 2.51. The Morgan fingerprint density at radius 1 is 1.67 bits per heavy atom. The van der Waals surface area contributed by atoms with Crippen LogP contribution in [0.5, 0.6) is 0 Å². The summed E-state index contributed by atoms with van der Waals surface area (Å²) < 4.78 is 17.9. The molecule has 0 aromatic rings. The minimum Gasteiger partial charge on any atom is -0.385 e. The maximum absolute atomic E-state index is 13.0. The molecule has 0 heterocycles. The van der Waals surface area contributed by atoms with Crippen LogP contribution in [0.4, 0.5) is 4.39 Å². The van der Waals surface area contributed by atoms with Gasteiger partial charge in [0.1, 0.15) is 5.83 Å². The Kier molecular flexibility index (Phi) is 3.48. The molecule has 1 aliphatic rings. The second kappa shape index (κ2) is 4.41. The van der Waals surface area contributed by atoms with E-state index in [4.69, 9.17) is 4.74 Å². The third kappa shape index (κ3) is 2.45. The van der Waals surface area contributed by atoms with Crippen molar-refractivity contribution in [2.75, 3.05) is 13.7 Å². The first-order chi connectivity index (χ1) is 5.74. The van der Waals surface area contributed by atoms with Crippen LogP contribution in [0.2, 0.25) is 0 Å². The van der Waals surface area contributed by atoms with Gasteiger partial charge in [0.2, 0.25) is 0 Å². The maximum Gasteiger partial charge on any atom is 0.122 e. The van der Waals surface area contributed by atoms with Gasteiger partial charge in [-0.2, -0.15) is 0 Å². The fourth-order valence-electron chi connectivity index (χ4n) is 1.30. The van der Waals surface area contributed by atoms with Crippen LogP contribution in [0.25, 0.3) is 0 Å². The van der Waals surface area contributed by atoms with E-state index in [9.17, 15) is 4.39 Å². The smallest absolute Gasteiger partial charge is 0.122 e. The van der Waals surface area contributed by atoms with Gasteiger partial charge < -0.3 is 4.74 Å². The van der Waals surface area contributed by atoms with Gasteiger partial charge in [0.05, 0.1) is 0 Å². The van der Waals surface area contributed by atoms with Gasteiger partial charge in [-0.15, -0.1) is 0 Å². The van der Waals surface area contributed by atoms with Gasteiger partial charge in [-0.1, -0.05) is 6.08 Å². The molecular weight excluding hydrogens is 155 g/mol. The average molecular weight is 170 g/mol. The van der Waals surface area contributed by atoms with Crippen LogP contribution in [0.15, 0.2) is 23.6 Å². The molecule has 0 spiro atoms. The summed E-state index contributed by atoms with van der Waals surface area (Å²) in [5, 5.41) is 0. The molecule has 0 fully saturated rings. The average Bonchev–Trinajstić information content (AvgIpc) is 2.07. The SMILES string of the molecule is COCCC1C=C(F)C(C)=CC1. The molecule has 0 saturated heterocycles. The zero-order valence-electron chi connectivity index (χ0n) is 7.64. The van der Waals surface area contributed by atoms with Crippen LogP contribution >= 0.6 is 0 Å². The van der Waals surface area contributed by atoms with Crippen molar-refractivity contribution in [3.8, 4) is 0 Å². The normalized spacial score (nSPS) is 23.4. The van der Waals surface area contributed by atoms with E-state index in [1.165, 1.54) is 0 Å². The highest BCUT2D eigenvalue weighted by Crippen LogP contribution is 2.25. The summed E-state index contributed by atoms with van der Waals surface area (Å²) in [5.74, 6) is 0.260. The first-order valence-electron chi connectivity index (χ1n) is 4.27. The molecule has 0 radical (unpaired) electrons. The third-order valence-electron chi connectivity index (χ3n) is 2.18. The Labute approximate surface area is 72.9 Å². The van der Waals surface area contributed by atoms with E-state index in [1.807, 2.05) is 6.08 Å². The first-order valence-corrected chi connectivity index (χ1v) is 4.27. The molecule has 1 rings (SSSR count). The highest BCUT2D eigenvalue weighted by atomic mass is 19.1. The molecule has 0 aromatic heterocycles. The Bertz CT molecular complexity index is 206. The fourth-order valence-corrected chi connectivity index (χ4v) is 1.30. The number of halogens is 1. The van der Waals surface area contributed by atoms with Crippen LogP contribution < -0.4 is 0 Å². The van der Waals surface area contributed by atoms with Gasteiger partial charge in [-0.3, -0.25) is 0 Å². The lowest BCUT2D eigenvalue weighted by Crippen LogP contribution is -2.04. The minimum atomic E-state index is -0.0673. The highest BCUT2D eigenvalue weighted by Gasteiger charge is 2.12. The number of hydrogen-bond donors (Lipinski definition) is 0. The molecule has 1 unspecified atom stereocenters. The molecule has 1 nitrogen and oxygen atoms in total. The summed E-state index contributed by atoms with van der Waals surface area (Å²) in [4.78, 5) is 0. The zero-order valence-corrected chi connectivity index (χ0v) is 7.64. The second-order valence-electron chi connectivity index (χ2n) is 3.18. The van der Waals surface area contributed by atoms with Gasteiger partial charge in [0.15, 0.2) is 0 Å². The summed E-state index contributed by atoms with van der Waals surface area (Å²) in [6.07, 6.45) is 5.51. The monoisotopic (exact) mass is 170 g/mol. The third-order valence-corrected chi connectivity index (χ3v) is 2.18. The molecule has 68 valence electrons. The molecule has 0 bridgehead atoms. The van der Waals surface area contributed by atoms with Gasteiger partial charge >= 0.3 is 0 Å².